The molecule has 2 atom stereocenters. The van der Waals surface area contributed by atoms with Crippen LogP contribution >= 0.6 is 0 Å². The maximum Gasteiger partial charge on any atom is 0.416 e. The van der Waals surface area contributed by atoms with Gasteiger partial charge in [0, 0.05) is 30.6 Å². The molecular formula is C32H38F3N7O4. The number of pyridine rings is 1. The fraction of sp³-hybridized carbons (Fsp3) is 0.438. The van der Waals surface area contributed by atoms with Crippen molar-refractivity contribution in [2.24, 2.45) is 5.92 Å². The van der Waals surface area contributed by atoms with Crippen molar-refractivity contribution in [1.29, 1.82) is 0 Å². The van der Waals surface area contributed by atoms with Crippen molar-refractivity contribution in [3.8, 4) is 11.3 Å². The molecule has 14 heteroatoms. The number of aliphatic carboxylic acids is 1. The number of likely N-dealkylation sites (N-methyl/N-ethyl adjacent to an activating group) is 1. The van der Waals surface area contributed by atoms with E-state index in [1.54, 1.807) is 23.4 Å². The fourth-order valence-corrected chi connectivity index (χ4v) is 5.49. The van der Waals surface area contributed by atoms with Crippen LogP contribution in [-0.4, -0.2) is 66.7 Å². The van der Waals surface area contributed by atoms with E-state index in [1.165, 1.54) is 12.5 Å². The Bertz CT molecular complexity index is 1780. The van der Waals surface area contributed by atoms with Gasteiger partial charge >= 0.3 is 12.1 Å². The van der Waals surface area contributed by atoms with Crippen LogP contribution in [0, 0.1) is 19.8 Å². The van der Waals surface area contributed by atoms with Crippen molar-refractivity contribution in [2.75, 3.05) is 20.6 Å². The third-order valence-corrected chi connectivity index (χ3v) is 7.70. The Balaban J connectivity index is 1.81. The molecule has 0 unspecified atom stereocenters. The van der Waals surface area contributed by atoms with Crippen LogP contribution in [0.4, 0.5) is 13.2 Å². The van der Waals surface area contributed by atoms with Crippen molar-refractivity contribution in [3.05, 3.63) is 81.3 Å². The summed E-state index contributed by atoms with van der Waals surface area (Å²) in [5, 5.41) is 20.8. The number of aryl methyl sites for hydroxylation is 2. The molecule has 2 N–H and O–H groups in total. The lowest BCUT2D eigenvalue weighted by molar-refractivity contribution is -0.139. The van der Waals surface area contributed by atoms with Gasteiger partial charge in [-0.3, -0.25) is 18.8 Å². The number of alkyl halides is 3. The van der Waals surface area contributed by atoms with Crippen LogP contribution in [0.25, 0.3) is 16.9 Å². The van der Waals surface area contributed by atoms with Crippen LogP contribution in [0.2, 0.25) is 0 Å². The Kier molecular flexibility index (Phi) is 10.3. The van der Waals surface area contributed by atoms with Gasteiger partial charge in [-0.25, -0.2) is 4.98 Å². The molecule has 0 saturated carbocycles. The SMILES string of the molecule is Cc1cccc(C)c1-c1nc([C@H](CC(=O)O)NC(=O)[C@@H](CC(C)C)n2cc(CCN(C)C)c(C(F)(F)F)cc2=O)cn2cnnc12. The van der Waals surface area contributed by atoms with Gasteiger partial charge in [-0.2, -0.15) is 13.2 Å². The van der Waals surface area contributed by atoms with Crippen molar-refractivity contribution < 1.29 is 27.9 Å². The second-order valence-electron chi connectivity index (χ2n) is 12.2. The molecule has 3 aromatic heterocycles. The van der Waals surface area contributed by atoms with E-state index in [4.69, 9.17) is 4.98 Å². The van der Waals surface area contributed by atoms with E-state index >= 15 is 0 Å². The molecule has 0 spiro atoms. The van der Waals surface area contributed by atoms with Crippen LogP contribution < -0.4 is 10.9 Å². The largest absolute Gasteiger partial charge is 0.481 e. The third kappa shape index (κ3) is 7.79. The van der Waals surface area contributed by atoms with Crippen molar-refractivity contribution in [2.45, 2.75) is 65.2 Å². The number of fused-ring (bicyclic) bond motifs is 1. The summed E-state index contributed by atoms with van der Waals surface area (Å²) in [4.78, 5) is 45.7. The monoisotopic (exact) mass is 641 g/mol. The van der Waals surface area contributed by atoms with Gasteiger partial charge in [-0.15, -0.1) is 10.2 Å². The maximum atomic E-state index is 14.0. The highest BCUT2D eigenvalue weighted by atomic mass is 19.4. The number of nitrogens with one attached hydrogen (secondary N) is 1. The molecule has 0 fully saturated rings. The summed E-state index contributed by atoms with van der Waals surface area (Å²) in [6.07, 6.45) is -1.14. The van der Waals surface area contributed by atoms with E-state index in [-0.39, 0.29) is 36.6 Å². The first-order chi connectivity index (χ1) is 21.6. The highest BCUT2D eigenvalue weighted by Gasteiger charge is 2.36. The highest BCUT2D eigenvalue weighted by molar-refractivity contribution is 5.82. The second kappa shape index (κ2) is 13.8. The van der Waals surface area contributed by atoms with E-state index < -0.39 is 47.7 Å². The van der Waals surface area contributed by atoms with Gasteiger partial charge in [-0.05, 0) is 63.4 Å². The molecule has 4 rings (SSSR count). The first-order valence-electron chi connectivity index (χ1n) is 14.8. The van der Waals surface area contributed by atoms with Crippen LogP contribution in [0.1, 0.15) is 66.7 Å². The van der Waals surface area contributed by atoms with Crippen molar-refractivity contribution in [3.63, 3.8) is 0 Å². The number of carbonyl (C=O) groups is 2. The van der Waals surface area contributed by atoms with Gasteiger partial charge in [0.2, 0.25) is 5.91 Å². The van der Waals surface area contributed by atoms with E-state index in [9.17, 15) is 32.7 Å². The number of hydrogen-bond acceptors (Lipinski definition) is 7. The number of benzene rings is 1. The number of nitrogens with zero attached hydrogens (tertiary/aromatic N) is 6. The molecule has 0 bridgehead atoms. The zero-order chi connectivity index (χ0) is 33.9. The Morgan fingerprint density at radius 3 is 2.37 bits per heavy atom. The third-order valence-electron chi connectivity index (χ3n) is 7.70. The number of halogens is 3. The van der Waals surface area contributed by atoms with Gasteiger partial charge in [0.25, 0.3) is 5.56 Å². The number of carboxylic acid groups (broad SMARTS) is 1. The predicted octanol–water partition coefficient (Wildman–Crippen LogP) is 4.61. The molecular weight excluding hydrogens is 603 g/mol. The molecule has 46 heavy (non-hydrogen) atoms. The summed E-state index contributed by atoms with van der Waals surface area (Å²) in [7, 11) is 3.44. The Morgan fingerprint density at radius 1 is 1.11 bits per heavy atom. The standard InChI is InChI=1S/C32H38F3N7O4/c1-18(2)12-25(42-15-21(10-11-40(5)6)22(13-26(42)43)32(33,34)35)31(46)38-23(14-27(44)45)24-16-41-17-36-39-30(41)29(37-24)28-19(3)8-7-9-20(28)4/h7-9,13,15-18,23,25H,10-12,14H2,1-6H3,(H,38,46)(H,44,45)/t23-,25+/m0/s1. The number of hydrogen-bond donors (Lipinski definition) is 2. The van der Waals surface area contributed by atoms with Gasteiger partial charge in [0.1, 0.15) is 18.1 Å². The average Bonchev–Trinajstić information content (AvgIpc) is 3.43. The van der Waals surface area contributed by atoms with E-state index in [0.29, 0.717) is 17.4 Å². The van der Waals surface area contributed by atoms with Gasteiger partial charge in [-0.1, -0.05) is 32.0 Å². The summed E-state index contributed by atoms with van der Waals surface area (Å²) in [6.45, 7) is 7.73. The molecule has 0 radical (unpaired) electrons. The van der Waals surface area contributed by atoms with Crippen molar-refractivity contribution >= 4 is 17.5 Å². The summed E-state index contributed by atoms with van der Waals surface area (Å²) in [6, 6.07) is 3.86. The molecule has 1 aromatic carbocycles. The summed E-state index contributed by atoms with van der Waals surface area (Å²) >= 11 is 0. The number of carboxylic acids is 1. The lowest BCUT2D eigenvalue weighted by Gasteiger charge is -2.26. The van der Waals surface area contributed by atoms with E-state index in [2.05, 4.69) is 15.5 Å². The molecule has 0 saturated heterocycles. The molecule has 3 heterocycles. The summed E-state index contributed by atoms with van der Waals surface area (Å²) in [5.41, 5.74) is 1.50. The molecule has 246 valence electrons. The van der Waals surface area contributed by atoms with Gasteiger partial charge in [0.05, 0.1) is 23.7 Å². The molecule has 4 aromatic rings. The first kappa shape index (κ1) is 34.3. The zero-order valence-electron chi connectivity index (χ0n) is 26.6. The molecule has 0 aliphatic carbocycles. The lowest BCUT2D eigenvalue weighted by atomic mass is 9.99. The zero-order valence-corrected chi connectivity index (χ0v) is 26.6. The molecule has 0 aliphatic heterocycles. The molecule has 0 aliphatic rings. The predicted molar refractivity (Wildman–Crippen MR) is 165 cm³/mol. The fourth-order valence-electron chi connectivity index (χ4n) is 5.49. The van der Waals surface area contributed by atoms with Crippen LogP contribution in [0.5, 0.6) is 0 Å². The number of aromatic nitrogens is 5. The minimum absolute atomic E-state index is 0.0102. The minimum atomic E-state index is -4.76. The minimum Gasteiger partial charge on any atom is -0.481 e. The van der Waals surface area contributed by atoms with Crippen molar-refractivity contribution in [1.82, 2.24) is 34.4 Å². The second-order valence-corrected chi connectivity index (χ2v) is 12.2. The van der Waals surface area contributed by atoms with E-state index in [1.807, 2.05) is 45.9 Å². The van der Waals surface area contributed by atoms with Crippen LogP contribution in [0.15, 0.2) is 47.8 Å². The van der Waals surface area contributed by atoms with E-state index in [0.717, 1.165) is 27.5 Å². The Labute approximate surface area is 264 Å². The Morgan fingerprint density at radius 2 is 1.78 bits per heavy atom. The quantitative estimate of drug-likeness (QED) is 0.229. The van der Waals surface area contributed by atoms with Gasteiger partial charge < -0.3 is 19.9 Å². The van der Waals surface area contributed by atoms with Crippen LogP contribution in [0.3, 0.4) is 0 Å². The highest BCUT2D eigenvalue weighted by Crippen LogP contribution is 2.33. The number of carbonyl (C=O) groups excluding carboxylic acids is 1. The van der Waals surface area contributed by atoms with Crippen LogP contribution in [-0.2, 0) is 22.2 Å². The molecule has 1 amide bonds. The summed E-state index contributed by atoms with van der Waals surface area (Å²) < 4.78 is 44.4. The smallest absolute Gasteiger partial charge is 0.416 e. The molecule has 11 nitrogen and oxygen atoms in total. The average molecular weight is 642 g/mol. The number of rotatable bonds is 12. The lowest BCUT2D eigenvalue weighted by Crippen LogP contribution is -2.41. The maximum absolute atomic E-state index is 14.0. The topological polar surface area (TPSA) is 135 Å². The number of amides is 1. The first-order valence-corrected chi connectivity index (χ1v) is 14.8. The normalized spacial score (nSPS) is 13.4. The van der Waals surface area contributed by atoms with Gasteiger partial charge in [0.15, 0.2) is 5.65 Å². The Hall–Kier alpha value is -4.59. The summed E-state index contributed by atoms with van der Waals surface area (Å²) in [5.74, 6) is -2.09.